The van der Waals surface area contributed by atoms with Crippen molar-refractivity contribution in [2.45, 2.75) is 31.3 Å². The maximum absolute atomic E-state index is 13.9. The Labute approximate surface area is 226 Å². The van der Waals surface area contributed by atoms with Crippen molar-refractivity contribution in [1.29, 1.82) is 0 Å². The number of hydrogen-bond acceptors (Lipinski definition) is 6. The second-order valence-corrected chi connectivity index (χ2v) is 11.8. The van der Waals surface area contributed by atoms with Gasteiger partial charge in [0, 0.05) is 43.3 Å². The predicted molar refractivity (Wildman–Crippen MR) is 147 cm³/mol. The summed E-state index contributed by atoms with van der Waals surface area (Å²) in [4.78, 5) is 20.7. The Bertz CT molecular complexity index is 1480. The highest BCUT2D eigenvalue weighted by molar-refractivity contribution is 7.89. The molecule has 2 heterocycles. The van der Waals surface area contributed by atoms with Crippen molar-refractivity contribution < 1.29 is 22.3 Å². The number of fused-ring (bicyclic) bond motifs is 1. The van der Waals surface area contributed by atoms with Gasteiger partial charge in [0.15, 0.2) is 0 Å². The Balaban J connectivity index is 1.65. The van der Waals surface area contributed by atoms with Crippen LogP contribution in [0.25, 0.3) is 10.9 Å². The number of aromatic nitrogens is 1. The molecule has 200 valence electrons. The number of sulfonamides is 1. The van der Waals surface area contributed by atoms with Gasteiger partial charge in [0.1, 0.15) is 10.7 Å². The lowest BCUT2D eigenvalue weighted by Crippen LogP contribution is -2.43. The highest BCUT2D eigenvalue weighted by atomic mass is 32.2. The van der Waals surface area contributed by atoms with Gasteiger partial charge in [-0.3, -0.25) is 9.78 Å². The number of ether oxygens (including phenoxy) is 1. The first-order valence-electron chi connectivity index (χ1n) is 12.2. The topological polar surface area (TPSA) is 79.8 Å². The summed E-state index contributed by atoms with van der Waals surface area (Å²) in [7, 11) is -2.52. The highest BCUT2D eigenvalue weighted by Crippen LogP contribution is 2.25. The molecule has 0 bridgehead atoms. The third kappa shape index (κ3) is 6.63. The number of pyridine rings is 1. The SMILES string of the molecule is COCCCN(CC(=O)N(Cc1ccc(F)cc1)Cc1sccc1C)S(=O)(=O)c1cccc2cccnc12. The summed E-state index contributed by atoms with van der Waals surface area (Å²) < 4.78 is 47.6. The first-order chi connectivity index (χ1) is 18.3. The fourth-order valence-electron chi connectivity index (χ4n) is 4.13. The molecule has 7 nitrogen and oxygen atoms in total. The van der Waals surface area contributed by atoms with Crippen molar-refractivity contribution in [3.8, 4) is 0 Å². The average Bonchev–Trinajstić information content (AvgIpc) is 3.32. The van der Waals surface area contributed by atoms with E-state index in [4.69, 9.17) is 4.74 Å². The van der Waals surface area contributed by atoms with Crippen LogP contribution in [0.3, 0.4) is 0 Å². The zero-order valence-electron chi connectivity index (χ0n) is 21.3. The Morgan fingerprint density at radius 3 is 2.53 bits per heavy atom. The third-order valence-corrected chi connectivity index (χ3v) is 9.11. The number of hydrogen-bond donors (Lipinski definition) is 0. The van der Waals surface area contributed by atoms with Gasteiger partial charge in [-0.15, -0.1) is 11.3 Å². The van der Waals surface area contributed by atoms with E-state index in [2.05, 4.69) is 4.98 Å². The minimum Gasteiger partial charge on any atom is -0.385 e. The van der Waals surface area contributed by atoms with Gasteiger partial charge in [-0.1, -0.05) is 30.3 Å². The van der Waals surface area contributed by atoms with Crippen molar-refractivity contribution in [3.05, 3.63) is 94.1 Å². The van der Waals surface area contributed by atoms with Crippen molar-refractivity contribution in [2.75, 3.05) is 26.8 Å². The van der Waals surface area contributed by atoms with Gasteiger partial charge in [-0.25, -0.2) is 12.8 Å². The summed E-state index contributed by atoms with van der Waals surface area (Å²) in [5.74, 6) is -0.712. The fraction of sp³-hybridized carbons (Fsp3) is 0.286. The molecule has 0 saturated heterocycles. The Morgan fingerprint density at radius 1 is 1.05 bits per heavy atom. The summed E-state index contributed by atoms with van der Waals surface area (Å²) in [6.07, 6.45) is 1.97. The fourth-order valence-corrected chi connectivity index (χ4v) is 6.64. The van der Waals surface area contributed by atoms with Crippen molar-refractivity contribution in [1.82, 2.24) is 14.2 Å². The number of methoxy groups -OCH3 is 1. The van der Waals surface area contributed by atoms with E-state index in [1.807, 2.05) is 18.4 Å². The number of rotatable bonds is 12. The van der Waals surface area contributed by atoms with Crippen LogP contribution < -0.4 is 0 Å². The van der Waals surface area contributed by atoms with Crippen LogP contribution in [0, 0.1) is 12.7 Å². The molecule has 2 aromatic heterocycles. The van der Waals surface area contributed by atoms with E-state index >= 15 is 0 Å². The summed E-state index contributed by atoms with van der Waals surface area (Å²) in [6.45, 7) is 2.62. The number of carbonyl (C=O) groups excluding carboxylic acids is 1. The second kappa shape index (κ2) is 12.6. The van der Waals surface area contributed by atoms with Crippen molar-refractivity contribution in [2.24, 2.45) is 0 Å². The Kier molecular flexibility index (Phi) is 9.22. The van der Waals surface area contributed by atoms with E-state index in [-0.39, 0.29) is 36.3 Å². The minimum absolute atomic E-state index is 0.0556. The molecule has 0 aliphatic heterocycles. The second-order valence-electron chi connectivity index (χ2n) is 8.92. The lowest BCUT2D eigenvalue weighted by atomic mass is 10.2. The van der Waals surface area contributed by atoms with E-state index in [9.17, 15) is 17.6 Å². The lowest BCUT2D eigenvalue weighted by Gasteiger charge is -2.27. The van der Waals surface area contributed by atoms with Crippen molar-refractivity contribution in [3.63, 3.8) is 0 Å². The van der Waals surface area contributed by atoms with E-state index < -0.39 is 10.0 Å². The molecule has 38 heavy (non-hydrogen) atoms. The van der Waals surface area contributed by atoms with Gasteiger partial charge in [-0.2, -0.15) is 4.31 Å². The van der Waals surface area contributed by atoms with Gasteiger partial charge in [0.2, 0.25) is 15.9 Å². The van der Waals surface area contributed by atoms with E-state index in [1.54, 1.807) is 54.6 Å². The molecule has 0 spiro atoms. The number of para-hydroxylation sites is 1. The molecular weight excluding hydrogens is 525 g/mol. The quantitative estimate of drug-likeness (QED) is 0.230. The summed E-state index contributed by atoms with van der Waals surface area (Å²) in [5.41, 5.74) is 2.16. The molecule has 4 aromatic rings. The first kappa shape index (κ1) is 27.8. The Hall–Kier alpha value is -3.18. The maximum atomic E-state index is 13.9. The van der Waals surface area contributed by atoms with E-state index in [1.165, 1.54) is 33.8 Å². The van der Waals surface area contributed by atoms with Crippen LogP contribution >= 0.6 is 11.3 Å². The van der Waals surface area contributed by atoms with Crippen LogP contribution in [-0.2, 0) is 32.6 Å². The zero-order valence-corrected chi connectivity index (χ0v) is 23.0. The smallest absolute Gasteiger partial charge is 0.245 e. The molecule has 1 amide bonds. The van der Waals surface area contributed by atoms with E-state index in [0.29, 0.717) is 30.5 Å². The van der Waals surface area contributed by atoms with Crippen molar-refractivity contribution >= 4 is 38.2 Å². The molecule has 0 unspecified atom stereocenters. The minimum atomic E-state index is -4.06. The molecule has 2 aromatic carbocycles. The molecule has 0 atom stereocenters. The predicted octanol–water partition coefficient (Wildman–Crippen LogP) is 5.00. The lowest BCUT2D eigenvalue weighted by molar-refractivity contribution is -0.132. The number of carbonyl (C=O) groups is 1. The van der Waals surface area contributed by atoms with Crippen LogP contribution in [0.15, 0.2) is 77.1 Å². The molecule has 0 fully saturated rings. The number of halogens is 1. The largest absolute Gasteiger partial charge is 0.385 e. The molecule has 0 aliphatic rings. The van der Waals surface area contributed by atoms with Crippen LogP contribution in [0.4, 0.5) is 4.39 Å². The molecule has 0 saturated carbocycles. The summed E-state index contributed by atoms with van der Waals surface area (Å²) in [5, 5.41) is 2.66. The van der Waals surface area contributed by atoms with Crippen LogP contribution in [0.5, 0.6) is 0 Å². The summed E-state index contributed by atoms with van der Waals surface area (Å²) in [6, 6.07) is 16.5. The number of benzene rings is 2. The molecular formula is C28H30FN3O4S2. The standard InChI is InChI=1S/C28H30FN3O4S2/c1-21-13-17-37-25(21)19-31(18-22-9-11-24(29)12-10-22)27(33)20-32(15-5-16-36-2)38(34,35)26-8-3-6-23-7-4-14-30-28(23)26/h3-4,6-14,17H,5,15-16,18-20H2,1-2H3. The molecule has 4 rings (SSSR count). The zero-order chi connectivity index (χ0) is 27.1. The molecule has 0 N–H and O–H groups in total. The number of amides is 1. The third-order valence-electron chi connectivity index (χ3n) is 6.22. The first-order valence-corrected chi connectivity index (χ1v) is 14.5. The highest BCUT2D eigenvalue weighted by Gasteiger charge is 2.30. The molecule has 10 heteroatoms. The van der Waals surface area contributed by atoms with Gasteiger partial charge in [-0.05, 0) is 60.2 Å². The molecule has 0 radical (unpaired) electrons. The van der Waals surface area contributed by atoms with Gasteiger partial charge < -0.3 is 9.64 Å². The number of thiophene rings is 1. The number of aryl methyl sites for hydroxylation is 1. The molecule has 0 aliphatic carbocycles. The monoisotopic (exact) mass is 555 g/mol. The maximum Gasteiger partial charge on any atom is 0.245 e. The van der Waals surface area contributed by atoms with Gasteiger partial charge in [0.25, 0.3) is 0 Å². The Morgan fingerprint density at radius 2 is 1.82 bits per heavy atom. The van der Waals surface area contributed by atoms with Gasteiger partial charge >= 0.3 is 0 Å². The van der Waals surface area contributed by atoms with Crippen LogP contribution in [-0.4, -0.2) is 55.3 Å². The summed E-state index contributed by atoms with van der Waals surface area (Å²) >= 11 is 1.54. The van der Waals surface area contributed by atoms with Crippen LogP contribution in [0.1, 0.15) is 22.4 Å². The number of nitrogens with zero attached hydrogens (tertiary/aromatic N) is 3. The van der Waals surface area contributed by atoms with Gasteiger partial charge in [0.05, 0.1) is 18.6 Å². The normalized spacial score (nSPS) is 11.8. The van der Waals surface area contributed by atoms with E-state index in [0.717, 1.165) is 16.0 Å². The average molecular weight is 556 g/mol. The van der Waals surface area contributed by atoms with Crippen LogP contribution in [0.2, 0.25) is 0 Å².